The third-order valence-electron chi connectivity index (χ3n) is 2.02. The molecule has 14 heavy (non-hydrogen) atoms. The molecule has 0 unspecified atom stereocenters. The van der Waals surface area contributed by atoms with Crippen molar-refractivity contribution in [3.8, 4) is 0 Å². The molecule has 0 radical (unpaired) electrons. The first-order valence-corrected chi connectivity index (χ1v) is 4.97. The molecule has 0 saturated heterocycles. The van der Waals surface area contributed by atoms with Gasteiger partial charge in [-0.1, -0.05) is 6.07 Å². The lowest BCUT2D eigenvalue weighted by Gasteiger charge is -2.06. The molecule has 0 aliphatic rings. The molecule has 0 fully saturated rings. The van der Waals surface area contributed by atoms with E-state index in [4.69, 9.17) is 5.11 Å². The van der Waals surface area contributed by atoms with Crippen LogP contribution in [0.3, 0.4) is 0 Å². The minimum Gasteiger partial charge on any atom is -0.481 e. The van der Waals surface area contributed by atoms with Crippen molar-refractivity contribution in [3.63, 3.8) is 0 Å². The topological polar surface area (TPSA) is 37.3 Å². The Bertz CT molecular complexity index is 363. The highest BCUT2D eigenvalue weighted by atomic mass is 79.9. The van der Waals surface area contributed by atoms with Crippen LogP contribution < -0.4 is 0 Å². The Balaban J connectivity index is 2.95. The van der Waals surface area contributed by atoms with Gasteiger partial charge in [-0.3, -0.25) is 4.79 Å². The molecule has 0 atom stereocenters. The minimum atomic E-state index is -0.913. The van der Waals surface area contributed by atoms with Crippen molar-refractivity contribution in [1.29, 1.82) is 0 Å². The standard InChI is InChI=1S/C10H10BrFO2/c1-6-2-4-8(11)10(12)7(6)3-5-9(13)14/h2,4H,3,5H2,1H3,(H,13,14). The number of halogens is 2. The van der Waals surface area contributed by atoms with E-state index in [-0.39, 0.29) is 18.7 Å². The van der Waals surface area contributed by atoms with E-state index in [2.05, 4.69) is 15.9 Å². The predicted molar refractivity (Wildman–Crippen MR) is 54.8 cm³/mol. The summed E-state index contributed by atoms with van der Waals surface area (Å²) in [5, 5.41) is 8.49. The SMILES string of the molecule is Cc1ccc(Br)c(F)c1CCC(=O)O. The van der Waals surface area contributed by atoms with E-state index in [9.17, 15) is 9.18 Å². The molecule has 76 valence electrons. The molecule has 0 bridgehead atoms. The molecule has 0 amide bonds. The summed E-state index contributed by atoms with van der Waals surface area (Å²) < 4.78 is 13.9. The summed E-state index contributed by atoms with van der Waals surface area (Å²) in [6.07, 6.45) is 0.181. The maximum Gasteiger partial charge on any atom is 0.303 e. The van der Waals surface area contributed by atoms with Crippen LogP contribution in [0, 0.1) is 12.7 Å². The number of carboxylic acid groups (broad SMARTS) is 1. The summed E-state index contributed by atoms with van der Waals surface area (Å²) in [6, 6.07) is 3.39. The van der Waals surface area contributed by atoms with Crippen LogP contribution in [0.4, 0.5) is 4.39 Å². The lowest BCUT2D eigenvalue weighted by molar-refractivity contribution is -0.136. The maximum absolute atomic E-state index is 13.5. The zero-order valence-electron chi connectivity index (χ0n) is 7.68. The van der Waals surface area contributed by atoms with Crippen LogP contribution in [0.25, 0.3) is 0 Å². The van der Waals surface area contributed by atoms with Gasteiger partial charge in [-0.15, -0.1) is 0 Å². The first-order chi connectivity index (χ1) is 6.52. The van der Waals surface area contributed by atoms with Crippen LogP contribution in [0.1, 0.15) is 17.5 Å². The Hall–Kier alpha value is -0.900. The van der Waals surface area contributed by atoms with E-state index in [0.29, 0.717) is 10.0 Å². The number of hydrogen-bond acceptors (Lipinski definition) is 1. The molecule has 0 aromatic heterocycles. The van der Waals surface area contributed by atoms with E-state index in [0.717, 1.165) is 5.56 Å². The fraction of sp³-hybridized carbons (Fsp3) is 0.300. The van der Waals surface area contributed by atoms with Gasteiger partial charge in [0.2, 0.25) is 0 Å². The largest absolute Gasteiger partial charge is 0.481 e. The van der Waals surface area contributed by atoms with E-state index < -0.39 is 5.97 Å². The van der Waals surface area contributed by atoms with Gasteiger partial charge >= 0.3 is 5.97 Å². The van der Waals surface area contributed by atoms with Crippen molar-refractivity contribution < 1.29 is 14.3 Å². The smallest absolute Gasteiger partial charge is 0.303 e. The molecule has 0 aliphatic carbocycles. The number of carboxylic acids is 1. The summed E-state index contributed by atoms with van der Waals surface area (Å²) in [4.78, 5) is 10.3. The van der Waals surface area contributed by atoms with Gasteiger partial charge in [0.15, 0.2) is 0 Å². The van der Waals surface area contributed by atoms with Gasteiger partial charge in [0, 0.05) is 6.42 Å². The van der Waals surface area contributed by atoms with E-state index in [1.54, 1.807) is 19.1 Å². The van der Waals surface area contributed by atoms with E-state index in [1.165, 1.54) is 0 Å². The average Bonchev–Trinajstić information content (AvgIpc) is 2.11. The number of aliphatic carboxylic acids is 1. The van der Waals surface area contributed by atoms with Gasteiger partial charge in [0.05, 0.1) is 4.47 Å². The number of rotatable bonds is 3. The van der Waals surface area contributed by atoms with Crippen LogP contribution in [0.2, 0.25) is 0 Å². The van der Waals surface area contributed by atoms with Gasteiger partial charge in [0.25, 0.3) is 0 Å². The Morgan fingerprint density at radius 1 is 1.57 bits per heavy atom. The van der Waals surface area contributed by atoms with E-state index in [1.807, 2.05) is 0 Å². The van der Waals surface area contributed by atoms with Gasteiger partial charge in [0.1, 0.15) is 5.82 Å². The number of aryl methyl sites for hydroxylation is 1. The summed E-state index contributed by atoms with van der Waals surface area (Å²) in [6.45, 7) is 1.77. The lowest BCUT2D eigenvalue weighted by atomic mass is 10.0. The quantitative estimate of drug-likeness (QED) is 0.908. The molecule has 2 nitrogen and oxygen atoms in total. The summed E-state index contributed by atoms with van der Waals surface area (Å²) in [7, 11) is 0. The Morgan fingerprint density at radius 2 is 2.21 bits per heavy atom. The highest BCUT2D eigenvalue weighted by Gasteiger charge is 2.10. The molecule has 1 N–H and O–H groups in total. The summed E-state index contributed by atoms with van der Waals surface area (Å²) >= 11 is 3.06. The van der Waals surface area contributed by atoms with Crippen molar-refractivity contribution in [3.05, 3.63) is 33.5 Å². The normalized spacial score (nSPS) is 10.2. The second kappa shape index (κ2) is 4.55. The summed E-state index contributed by atoms with van der Waals surface area (Å²) in [5.74, 6) is -1.27. The van der Waals surface area contributed by atoms with Gasteiger partial charge in [-0.05, 0) is 46.5 Å². The number of hydrogen-bond donors (Lipinski definition) is 1. The molecule has 4 heteroatoms. The highest BCUT2D eigenvalue weighted by molar-refractivity contribution is 9.10. The third kappa shape index (κ3) is 2.54. The van der Waals surface area contributed by atoms with E-state index >= 15 is 0 Å². The first kappa shape index (κ1) is 11.2. The molecule has 1 aromatic rings. The molecule has 0 saturated carbocycles. The van der Waals surface area contributed by atoms with Gasteiger partial charge < -0.3 is 5.11 Å². The van der Waals surface area contributed by atoms with Crippen molar-refractivity contribution in [1.82, 2.24) is 0 Å². The zero-order valence-corrected chi connectivity index (χ0v) is 9.27. The van der Waals surface area contributed by atoms with Gasteiger partial charge in [-0.25, -0.2) is 4.39 Å². The molecular formula is C10H10BrFO2. The van der Waals surface area contributed by atoms with Crippen LogP contribution >= 0.6 is 15.9 Å². The molecule has 0 heterocycles. The molecular weight excluding hydrogens is 251 g/mol. The number of benzene rings is 1. The lowest BCUT2D eigenvalue weighted by Crippen LogP contribution is -2.01. The van der Waals surface area contributed by atoms with Gasteiger partial charge in [-0.2, -0.15) is 0 Å². The Morgan fingerprint density at radius 3 is 2.79 bits per heavy atom. The first-order valence-electron chi connectivity index (χ1n) is 4.17. The van der Waals surface area contributed by atoms with Crippen LogP contribution in [0.15, 0.2) is 16.6 Å². The minimum absolute atomic E-state index is 0.0474. The molecule has 0 spiro atoms. The average molecular weight is 261 g/mol. The van der Waals surface area contributed by atoms with Crippen LogP contribution in [0.5, 0.6) is 0 Å². The maximum atomic E-state index is 13.5. The van der Waals surface area contributed by atoms with Crippen molar-refractivity contribution in [2.45, 2.75) is 19.8 Å². The fourth-order valence-corrected chi connectivity index (χ4v) is 1.60. The molecule has 0 aliphatic heterocycles. The van der Waals surface area contributed by atoms with Crippen molar-refractivity contribution >= 4 is 21.9 Å². The molecule has 1 rings (SSSR count). The second-order valence-electron chi connectivity index (χ2n) is 3.05. The Labute approximate surface area is 89.9 Å². The van der Waals surface area contributed by atoms with Crippen molar-refractivity contribution in [2.75, 3.05) is 0 Å². The summed E-state index contributed by atoms with van der Waals surface area (Å²) in [5.41, 5.74) is 1.26. The van der Waals surface area contributed by atoms with Crippen molar-refractivity contribution in [2.24, 2.45) is 0 Å². The highest BCUT2D eigenvalue weighted by Crippen LogP contribution is 2.22. The zero-order chi connectivity index (χ0) is 10.7. The fourth-order valence-electron chi connectivity index (χ4n) is 1.23. The predicted octanol–water partition coefficient (Wildman–Crippen LogP) is 2.91. The third-order valence-corrected chi connectivity index (χ3v) is 2.63. The van der Waals surface area contributed by atoms with Crippen LogP contribution in [-0.4, -0.2) is 11.1 Å². The Kier molecular flexibility index (Phi) is 3.63. The molecule has 1 aromatic carbocycles. The number of carbonyl (C=O) groups is 1. The second-order valence-corrected chi connectivity index (χ2v) is 3.90. The van der Waals surface area contributed by atoms with Crippen LogP contribution in [-0.2, 0) is 11.2 Å². The monoisotopic (exact) mass is 260 g/mol.